The molecule has 21 heavy (non-hydrogen) atoms. The molecule has 1 N–H and O–H groups in total. The zero-order chi connectivity index (χ0) is 15.3. The fourth-order valence-electron chi connectivity index (χ4n) is 3.44. The van der Waals surface area contributed by atoms with E-state index in [2.05, 4.69) is 43.4 Å². The first kappa shape index (κ1) is 15.9. The highest BCUT2D eigenvalue weighted by Crippen LogP contribution is 2.39. The summed E-state index contributed by atoms with van der Waals surface area (Å²) in [7, 11) is 0. The Kier molecular flexibility index (Phi) is 5.27. The molecular formula is C18H27NO2. The van der Waals surface area contributed by atoms with Crippen LogP contribution in [0.5, 0.6) is 0 Å². The number of esters is 1. The first-order valence-electron chi connectivity index (χ1n) is 8.14. The first-order valence-corrected chi connectivity index (χ1v) is 8.14. The Balaban J connectivity index is 2.30. The van der Waals surface area contributed by atoms with E-state index in [1.807, 2.05) is 6.92 Å². The van der Waals surface area contributed by atoms with E-state index in [4.69, 9.17) is 4.74 Å². The topological polar surface area (TPSA) is 38.3 Å². The Labute approximate surface area is 128 Å². The van der Waals surface area contributed by atoms with Gasteiger partial charge < -0.3 is 10.1 Å². The van der Waals surface area contributed by atoms with Gasteiger partial charge >= 0.3 is 5.97 Å². The zero-order valence-electron chi connectivity index (χ0n) is 13.4. The van der Waals surface area contributed by atoms with Gasteiger partial charge in [-0.05, 0) is 44.7 Å². The summed E-state index contributed by atoms with van der Waals surface area (Å²) >= 11 is 0. The second kappa shape index (κ2) is 6.97. The van der Waals surface area contributed by atoms with Crippen molar-refractivity contribution in [3.63, 3.8) is 0 Å². The molecule has 1 aromatic rings. The normalized spacial score (nSPS) is 25.4. The quantitative estimate of drug-likeness (QED) is 0.821. The van der Waals surface area contributed by atoms with Crippen LogP contribution in [0.15, 0.2) is 24.3 Å². The Hall–Kier alpha value is -1.51. The fraction of sp³-hybridized carbons (Fsp3) is 0.611. The molecule has 0 saturated heterocycles. The molecule has 0 radical (unpaired) electrons. The maximum absolute atomic E-state index is 12.7. The highest BCUT2D eigenvalue weighted by molar-refractivity contribution is 5.85. The van der Waals surface area contributed by atoms with E-state index in [-0.39, 0.29) is 5.97 Å². The highest BCUT2D eigenvalue weighted by atomic mass is 16.5. The molecule has 0 aromatic heterocycles. The molecule has 1 aliphatic rings. The highest BCUT2D eigenvalue weighted by Gasteiger charge is 2.47. The molecule has 0 heterocycles. The summed E-state index contributed by atoms with van der Waals surface area (Å²) in [6, 6.07) is 8.26. The molecule has 1 saturated carbocycles. The van der Waals surface area contributed by atoms with Gasteiger partial charge in [-0.1, -0.05) is 43.9 Å². The second-order valence-corrected chi connectivity index (χ2v) is 6.03. The Morgan fingerprint density at radius 3 is 2.62 bits per heavy atom. The predicted molar refractivity (Wildman–Crippen MR) is 86.4 cm³/mol. The molecule has 1 aromatic carbocycles. The molecule has 0 aliphatic heterocycles. The minimum absolute atomic E-state index is 0.0860. The number of carbonyl (C=O) groups is 1. The monoisotopic (exact) mass is 289 g/mol. The van der Waals surface area contributed by atoms with E-state index in [9.17, 15) is 4.79 Å². The molecule has 1 fully saturated rings. The lowest BCUT2D eigenvalue weighted by molar-refractivity contribution is -0.152. The third-order valence-corrected chi connectivity index (χ3v) is 4.62. The van der Waals surface area contributed by atoms with Crippen LogP contribution in [0.2, 0.25) is 0 Å². The smallest absolute Gasteiger partial charge is 0.332 e. The van der Waals surface area contributed by atoms with Crippen LogP contribution in [0, 0.1) is 12.8 Å². The number of hydrogen-bond acceptors (Lipinski definition) is 3. The molecule has 0 spiro atoms. The van der Waals surface area contributed by atoms with Crippen LogP contribution in [0.25, 0.3) is 0 Å². The lowest BCUT2D eigenvalue weighted by Crippen LogP contribution is -2.55. The minimum atomic E-state index is -0.557. The van der Waals surface area contributed by atoms with Crippen LogP contribution < -0.4 is 5.32 Å². The van der Waals surface area contributed by atoms with Crippen LogP contribution in [0.4, 0.5) is 5.69 Å². The van der Waals surface area contributed by atoms with Crippen LogP contribution in [0.3, 0.4) is 0 Å². The predicted octanol–water partition coefficient (Wildman–Crippen LogP) is 4.31. The minimum Gasteiger partial charge on any atom is -0.464 e. The van der Waals surface area contributed by atoms with Crippen LogP contribution >= 0.6 is 0 Å². The van der Waals surface area contributed by atoms with Gasteiger partial charge in [0.1, 0.15) is 5.54 Å². The number of aryl methyl sites for hydroxylation is 1. The average Bonchev–Trinajstić information content (AvgIpc) is 2.50. The molecule has 3 heteroatoms. The van der Waals surface area contributed by atoms with Gasteiger partial charge in [0.25, 0.3) is 0 Å². The molecule has 1 aliphatic carbocycles. The van der Waals surface area contributed by atoms with Gasteiger partial charge in [-0.25, -0.2) is 4.79 Å². The van der Waals surface area contributed by atoms with Crippen molar-refractivity contribution in [1.29, 1.82) is 0 Å². The number of rotatable bonds is 5. The molecule has 0 amide bonds. The van der Waals surface area contributed by atoms with E-state index in [1.165, 1.54) is 12.0 Å². The third kappa shape index (κ3) is 3.39. The molecular weight excluding hydrogens is 262 g/mol. The van der Waals surface area contributed by atoms with E-state index >= 15 is 0 Å². The summed E-state index contributed by atoms with van der Waals surface area (Å²) in [5, 5.41) is 3.53. The Bertz CT molecular complexity index is 469. The van der Waals surface area contributed by atoms with Gasteiger partial charge in [0.2, 0.25) is 0 Å². The van der Waals surface area contributed by atoms with Gasteiger partial charge in [-0.15, -0.1) is 0 Å². The number of anilines is 1. The summed E-state index contributed by atoms with van der Waals surface area (Å²) < 4.78 is 5.41. The summed E-state index contributed by atoms with van der Waals surface area (Å²) in [6.07, 6.45) is 5.23. The molecule has 2 unspecified atom stereocenters. The van der Waals surface area contributed by atoms with Crippen molar-refractivity contribution >= 4 is 11.7 Å². The number of ether oxygens (including phenoxy) is 1. The molecule has 0 bridgehead atoms. The van der Waals surface area contributed by atoms with Crippen molar-refractivity contribution in [3.05, 3.63) is 29.8 Å². The van der Waals surface area contributed by atoms with Crippen LogP contribution in [-0.2, 0) is 9.53 Å². The van der Waals surface area contributed by atoms with Crippen molar-refractivity contribution in [1.82, 2.24) is 0 Å². The van der Waals surface area contributed by atoms with E-state index in [0.29, 0.717) is 12.5 Å². The van der Waals surface area contributed by atoms with Gasteiger partial charge in [0.05, 0.1) is 6.61 Å². The third-order valence-electron chi connectivity index (χ3n) is 4.62. The SMILES string of the molecule is CCOC(=O)C1(Nc2ccc(C)cc2)CCCCC1CC. The van der Waals surface area contributed by atoms with Crippen molar-refractivity contribution in [3.8, 4) is 0 Å². The maximum Gasteiger partial charge on any atom is 0.332 e. The van der Waals surface area contributed by atoms with E-state index in [0.717, 1.165) is 31.4 Å². The lowest BCUT2D eigenvalue weighted by atomic mass is 9.71. The molecule has 2 atom stereocenters. The Morgan fingerprint density at radius 1 is 1.29 bits per heavy atom. The Morgan fingerprint density at radius 2 is 2.00 bits per heavy atom. The number of benzene rings is 1. The van der Waals surface area contributed by atoms with Gasteiger partial charge in [-0.3, -0.25) is 0 Å². The standard InChI is InChI=1S/C18H27NO2/c1-4-15-8-6-7-13-18(15,17(20)21-5-2)19-16-11-9-14(3)10-12-16/h9-12,15,19H,4-8,13H2,1-3H3. The summed E-state index contributed by atoms with van der Waals surface area (Å²) in [4.78, 5) is 12.7. The van der Waals surface area contributed by atoms with Crippen molar-refractivity contribution in [2.45, 2.75) is 58.4 Å². The zero-order valence-corrected chi connectivity index (χ0v) is 13.4. The summed E-state index contributed by atoms with van der Waals surface area (Å²) in [6.45, 7) is 6.55. The van der Waals surface area contributed by atoms with Gasteiger partial charge in [-0.2, -0.15) is 0 Å². The summed E-state index contributed by atoms with van der Waals surface area (Å²) in [5.41, 5.74) is 1.67. The van der Waals surface area contributed by atoms with Crippen molar-refractivity contribution < 1.29 is 9.53 Å². The lowest BCUT2D eigenvalue weighted by Gasteiger charge is -2.43. The van der Waals surface area contributed by atoms with E-state index < -0.39 is 5.54 Å². The number of hydrogen-bond donors (Lipinski definition) is 1. The molecule has 2 rings (SSSR count). The van der Waals surface area contributed by atoms with Crippen molar-refractivity contribution in [2.24, 2.45) is 5.92 Å². The summed E-state index contributed by atoms with van der Waals surface area (Å²) in [5.74, 6) is 0.253. The largest absolute Gasteiger partial charge is 0.464 e. The van der Waals surface area contributed by atoms with Crippen LogP contribution in [0.1, 0.15) is 51.5 Å². The molecule has 3 nitrogen and oxygen atoms in total. The van der Waals surface area contributed by atoms with Crippen LogP contribution in [-0.4, -0.2) is 18.1 Å². The van der Waals surface area contributed by atoms with Gasteiger partial charge in [0.15, 0.2) is 0 Å². The van der Waals surface area contributed by atoms with Crippen molar-refractivity contribution in [2.75, 3.05) is 11.9 Å². The molecule has 116 valence electrons. The average molecular weight is 289 g/mol. The van der Waals surface area contributed by atoms with Gasteiger partial charge in [0, 0.05) is 5.69 Å². The maximum atomic E-state index is 12.7. The fourth-order valence-corrected chi connectivity index (χ4v) is 3.44. The number of carbonyl (C=O) groups excluding carboxylic acids is 1. The number of nitrogens with one attached hydrogen (secondary N) is 1. The second-order valence-electron chi connectivity index (χ2n) is 6.03. The van der Waals surface area contributed by atoms with E-state index in [1.54, 1.807) is 0 Å². The first-order chi connectivity index (χ1) is 10.1.